The summed E-state index contributed by atoms with van der Waals surface area (Å²) in [4.78, 5) is 16.5. The molecule has 10 heteroatoms. The molecule has 0 aliphatic rings. The van der Waals surface area contributed by atoms with Gasteiger partial charge >= 0.3 is 6.18 Å². The highest BCUT2D eigenvalue weighted by molar-refractivity contribution is 7.90. The molecule has 1 aromatic heterocycles. The summed E-state index contributed by atoms with van der Waals surface area (Å²) in [5, 5.41) is 2.85. The summed E-state index contributed by atoms with van der Waals surface area (Å²) in [5.41, 5.74) is 0.930. The molecule has 1 amide bonds. The molecular formula is C21H16ClF3N2O3S. The summed E-state index contributed by atoms with van der Waals surface area (Å²) in [6.07, 6.45) is -0.590. The van der Waals surface area contributed by atoms with Gasteiger partial charge in [0.05, 0.1) is 16.0 Å². The van der Waals surface area contributed by atoms with E-state index in [1.807, 2.05) is 0 Å². The van der Waals surface area contributed by atoms with E-state index in [0.29, 0.717) is 16.7 Å². The van der Waals surface area contributed by atoms with Gasteiger partial charge in [0.15, 0.2) is 9.84 Å². The van der Waals surface area contributed by atoms with E-state index >= 15 is 0 Å². The number of nitrogens with one attached hydrogen (secondary N) is 1. The van der Waals surface area contributed by atoms with Crippen LogP contribution in [-0.4, -0.2) is 25.6 Å². The van der Waals surface area contributed by atoms with Gasteiger partial charge in [-0.15, -0.1) is 0 Å². The second-order valence-corrected chi connectivity index (χ2v) is 9.17. The van der Waals surface area contributed by atoms with Crippen LogP contribution in [0.3, 0.4) is 0 Å². The maximum Gasteiger partial charge on any atom is 0.416 e. The van der Waals surface area contributed by atoms with Crippen molar-refractivity contribution in [3.63, 3.8) is 0 Å². The number of hydrogen-bond donors (Lipinski definition) is 1. The molecule has 0 radical (unpaired) electrons. The molecule has 162 valence electrons. The fraction of sp³-hybridized carbons (Fsp3) is 0.143. The highest BCUT2D eigenvalue weighted by Gasteiger charge is 2.30. The van der Waals surface area contributed by atoms with Crippen LogP contribution in [0.15, 0.2) is 65.8 Å². The standard InChI is InChI=1S/C21H16ClF3N2O3S/c1-31(29,30)18-7-4-14(19(22)9-18)12-27-20(28)16-8-15(10-26-11-16)13-2-5-17(6-3-13)21(23,24)25/h2-11H,12H2,1H3,(H,27,28). The molecule has 0 atom stereocenters. The summed E-state index contributed by atoms with van der Waals surface area (Å²) >= 11 is 6.11. The van der Waals surface area contributed by atoms with Gasteiger partial charge in [-0.25, -0.2) is 8.42 Å². The number of carbonyl (C=O) groups is 1. The van der Waals surface area contributed by atoms with Crippen LogP contribution in [0.2, 0.25) is 5.02 Å². The smallest absolute Gasteiger partial charge is 0.348 e. The Morgan fingerprint density at radius 1 is 1.03 bits per heavy atom. The number of pyridine rings is 1. The van der Waals surface area contributed by atoms with Crippen molar-refractivity contribution in [1.82, 2.24) is 10.3 Å². The molecule has 3 aromatic rings. The Balaban J connectivity index is 1.74. The molecule has 0 spiro atoms. The third kappa shape index (κ3) is 5.62. The predicted octanol–water partition coefficient (Wildman–Crippen LogP) is 4.75. The maximum atomic E-state index is 12.7. The SMILES string of the molecule is CS(=O)(=O)c1ccc(CNC(=O)c2cncc(-c3ccc(C(F)(F)F)cc3)c2)c(Cl)c1. The number of halogens is 4. The normalized spacial score (nSPS) is 11.9. The van der Waals surface area contributed by atoms with Crippen LogP contribution in [0.5, 0.6) is 0 Å². The van der Waals surface area contributed by atoms with Gasteiger partial charge in [-0.1, -0.05) is 29.8 Å². The van der Waals surface area contributed by atoms with E-state index in [-0.39, 0.29) is 22.0 Å². The van der Waals surface area contributed by atoms with Crippen molar-refractivity contribution in [2.75, 3.05) is 6.26 Å². The summed E-state index contributed by atoms with van der Waals surface area (Å²) in [6, 6.07) is 10.3. The second-order valence-electron chi connectivity index (χ2n) is 6.75. The molecule has 5 nitrogen and oxygen atoms in total. The monoisotopic (exact) mass is 468 g/mol. The van der Waals surface area contributed by atoms with Gasteiger partial charge in [-0.2, -0.15) is 13.2 Å². The number of alkyl halides is 3. The number of hydrogen-bond acceptors (Lipinski definition) is 4. The first-order chi connectivity index (χ1) is 14.4. The van der Waals surface area contributed by atoms with Crippen molar-refractivity contribution in [1.29, 1.82) is 0 Å². The van der Waals surface area contributed by atoms with Crippen molar-refractivity contribution < 1.29 is 26.4 Å². The van der Waals surface area contributed by atoms with E-state index < -0.39 is 27.5 Å². The number of aromatic nitrogens is 1. The van der Waals surface area contributed by atoms with Crippen LogP contribution in [-0.2, 0) is 22.6 Å². The molecule has 31 heavy (non-hydrogen) atoms. The zero-order chi connectivity index (χ0) is 22.8. The highest BCUT2D eigenvalue weighted by atomic mass is 35.5. The van der Waals surface area contributed by atoms with Crippen LogP contribution in [0.4, 0.5) is 13.2 Å². The molecule has 0 aliphatic carbocycles. The van der Waals surface area contributed by atoms with Crippen LogP contribution < -0.4 is 5.32 Å². The largest absolute Gasteiger partial charge is 0.416 e. The molecule has 0 aliphatic heterocycles. The lowest BCUT2D eigenvalue weighted by molar-refractivity contribution is -0.137. The Morgan fingerprint density at radius 3 is 2.29 bits per heavy atom. The molecule has 0 fully saturated rings. The Hall–Kier alpha value is -2.91. The minimum Gasteiger partial charge on any atom is -0.348 e. The molecule has 3 rings (SSSR count). The lowest BCUT2D eigenvalue weighted by atomic mass is 10.0. The summed E-state index contributed by atoms with van der Waals surface area (Å²) in [7, 11) is -3.40. The van der Waals surface area contributed by atoms with Crippen LogP contribution in [0.25, 0.3) is 11.1 Å². The van der Waals surface area contributed by atoms with Crippen molar-refractivity contribution in [2.45, 2.75) is 17.6 Å². The highest BCUT2D eigenvalue weighted by Crippen LogP contribution is 2.31. The first kappa shape index (κ1) is 22.8. The molecule has 0 unspecified atom stereocenters. The van der Waals surface area contributed by atoms with Crippen LogP contribution in [0, 0.1) is 0 Å². The van der Waals surface area contributed by atoms with Gasteiger partial charge in [0, 0.05) is 35.8 Å². The Bertz CT molecular complexity index is 1230. The number of amides is 1. The minimum absolute atomic E-state index is 0.0478. The fourth-order valence-corrected chi connectivity index (χ4v) is 3.71. The average Bonchev–Trinajstić information content (AvgIpc) is 2.71. The van der Waals surface area contributed by atoms with Gasteiger partial charge in [0.1, 0.15) is 0 Å². The third-order valence-electron chi connectivity index (χ3n) is 4.44. The van der Waals surface area contributed by atoms with Crippen molar-refractivity contribution in [3.8, 4) is 11.1 Å². The first-order valence-electron chi connectivity index (χ1n) is 8.84. The molecule has 0 saturated heterocycles. The van der Waals surface area contributed by atoms with Crippen LogP contribution >= 0.6 is 11.6 Å². The topological polar surface area (TPSA) is 76.1 Å². The zero-order valence-corrected chi connectivity index (χ0v) is 17.6. The first-order valence-corrected chi connectivity index (χ1v) is 11.1. The van der Waals surface area contributed by atoms with E-state index in [4.69, 9.17) is 11.6 Å². The van der Waals surface area contributed by atoms with E-state index in [1.165, 1.54) is 48.8 Å². The van der Waals surface area contributed by atoms with Gasteiger partial charge in [0.2, 0.25) is 0 Å². The minimum atomic E-state index is -4.43. The summed E-state index contributed by atoms with van der Waals surface area (Å²) in [6.45, 7) is 0.0478. The molecule has 1 heterocycles. The second kappa shape index (κ2) is 8.68. The Morgan fingerprint density at radius 2 is 1.71 bits per heavy atom. The van der Waals surface area contributed by atoms with Crippen LogP contribution in [0.1, 0.15) is 21.5 Å². The van der Waals surface area contributed by atoms with E-state index in [0.717, 1.165) is 18.4 Å². The quantitative estimate of drug-likeness (QED) is 0.586. The molecule has 2 aromatic carbocycles. The Kier molecular flexibility index (Phi) is 6.38. The molecule has 1 N–H and O–H groups in total. The lowest BCUT2D eigenvalue weighted by Gasteiger charge is -2.10. The molecule has 0 saturated carbocycles. The Labute approximate surface area is 181 Å². The molecular weight excluding hydrogens is 453 g/mol. The van der Waals surface area contributed by atoms with Gasteiger partial charge in [-0.3, -0.25) is 9.78 Å². The number of benzene rings is 2. The predicted molar refractivity (Wildman–Crippen MR) is 110 cm³/mol. The summed E-state index contributed by atoms with van der Waals surface area (Å²) < 4.78 is 61.3. The third-order valence-corrected chi connectivity index (χ3v) is 5.90. The van der Waals surface area contributed by atoms with Crippen molar-refractivity contribution in [3.05, 3.63) is 82.6 Å². The van der Waals surface area contributed by atoms with Gasteiger partial charge < -0.3 is 5.32 Å². The lowest BCUT2D eigenvalue weighted by Crippen LogP contribution is -2.23. The fourth-order valence-electron chi connectivity index (χ4n) is 2.75. The number of carbonyl (C=O) groups excluding carboxylic acids is 1. The van der Waals surface area contributed by atoms with Crippen molar-refractivity contribution in [2.24, 2.45) is 0 Å². The summed E-state index contributed by atoms with van der Waals surface area (Å²) in [5.74, 6) is -0.468. The zero-order valence-electron chi connectivity index (χ0n) is 16.1. The number of rotatable bonds is 5. The van der Waals surface area contributed by atoms with Gasteiger partial charge in [0.25, 0.3) is 5.91 Å². The van der Waals surface area contributed by atoms with Gasteiger partial charge in [-0.05, 0) is 41.5 Å². The van der Waals surface area contributed by atoms with E-state index in [9.17, 15) is 26.4 Å². The van der Waals surface area contributed by atoms with E-state index in [2.05, 4.69) is 10.3 Å². The van der Waals surface area contributed by atoms with Crippen molar-refractivity contribution >= 4 is 27.3 Å². The maximum absolute atomic E-state index is 12.7. The van der Waals surface area contributed by atoms with E-state index in [1.54, 1.807) is 0 Å². The number of sulfone groups is 1. The number of nitrogens with zero attached hydrogens (tertiary/aromatic N) is 1. The average molecular weight is 469 g/mol. The molecule has 0 bridgehead atoms.